The van der Waals surface area contributed by atoms with E-state index in [9.17, 15) is 4.21 Å². The molecule has 0 bridgehead atoms. The van der Waals surface area contributed by atoms with Crippen LogP contribution in [0, 0.1) is 0 Å². The Morgan fingerprint density at radius 1 is 1.40 bits per heavy atom. The molecule has 0 amide bonds. The van der Waals surface area contributed by atoms with E-state index in [2.05, 4.69) is 35.2 Å². The van der Waals surface area contributed by atoms with E-state index in [4.69, 9.17) is 0 Å². The molecule has 0 radical (unpaired) electrons. The number of halogens is 1. The van der Waals surface area contributed by atoms with E-state index >= 15 is 0 Å². The Bertz CT molecular complexity index is 523. The van der Waals surface area contributed by atoms with E-state index < -0.39 is 10.8 Å². The molecule has 0 heterocycles. The van der Waals surface area contributed by atoms with Gasteiger partial charge in [0, 0.05) is 19.0 Å². The lowest BCUT2D eigenvalue weighted by Gasteiger charge is -2.16. The highest BCUT2D eigenvalue weighted by molar-refractivity contribution is 14.1. The predicted octanol–water partition coefficient (Wildman–Crippen LogP) is 4.88. The normalized spacial score (nSPS) is 13.1. The lowest BCUT2D eigenvalue weighted by molar-refractivity contribution is 0.686. The summed E-state index contributed by atoms with van der Waals surface area (Å²) in [6.07, 6.45) is 5.11. The molecule has 1 unspecified atom stereocenters. The van der Waals surface area contributed by atoms with Crippen LogP contribution in [0.2, 0.25) is 0 Å². The molecule has 1 rings (SSSR count). The van der Waals surface area contributed by atoms with Gasteiger partial charge in [-0.15, -0.1) is 0 Å². The number of allylic oxidation sites excluding steroid dienone is 3. The monoisotopic (exact) mass is 403 g/mol. The van der Waals surface area contributed by atoms with Gasteiger partial charge in [0.25, 0.3) is 0 Å². The summed E-state index contributed by atoms with van der Waals surface area (Å²) >= 11 is 2.25. The summed E-state index contributed by atoms with van der Waals surface area (Å²) in [4.78, 5) is 3.81. The van der Waals surface area contributed by atoms with Crippen LogP contribution < -0.4 is 4.90 Å². The van der Waals surface area contributed by atoms with Gasteiger partial charge in [-0.25, -0.2) is 4.21 Å². The van der Waals surface area contributed by atoms with Crippen molar-refractivity contribution in [1.82, 2.24) is 0 Å². The summed E-state index contributed by atoms with van der Waals surface area (Å²) in [5, 5.41) is 0. The number of para-hydroxylation sites is 1. The first-order valence-corrected chi connectivity index (χ1v) is 8.84. The van der Waals surface area contributed by atoms with Crippen LogP contribution in [0.4, 0.5) is 5.69 Å². The Morgan fingerprint density at radius 2 is 2.05 bits per heavy atom. The molecule has 0 N–H and O–H groups in total. The largest absolute Gasteiger partial charge is 0.377 e. The van der Waals surface area contributed by atoms with Crippen LogP contribution in [0.3, 0.4) is 0 Å². The molecule has 0 saturated carbocycles. The molecular formula is C16H22INOS. The van der Waals surface area contributed by atoms with E-state index in [1.165, 1.54) is 3.58 Å². The molecule has 20 heavy (non-hydrogen) atoms. The molecule has 1 aromatic rings. The van der Waals surface area contributed by atoms with E-state index in [0.29, 0.717) is 0 Å². The quantitative estimate of drug-likeness (QED) is 0.478. The summed E-state index contributed by atoms with van der Waals surface area (Å²) < 4.78 is 13.8. The maximum atomic E-state index is 12.6. The first-order valence-electron chi connectivity index (χ1n) is 6.61. The molecule has 0 aromatic heterocycles. The van der Waals surface area contributed by atoms with Crippen LogP contribution in [0.1, 0.15) is 26.2 Å². The third kappa shape index (κ3) is 5.40. The number of hydrogen-bond donors (Lipinski definition) is 0. The number of nitrogens with zero attached hydrogens (tertiary/aromatic N) is 1. The maximum absolute atomic E-state index is 12.6. The van der Waals surface area contributed by atoms with Crippen molar-refractivity contribution in [1.29, 1.82) is 0 Å². The zero-order valence-electron chi connectivity index (χ0n) is 12.4. The standard InChI is InChI=1S/C16H22INOS/c1-13(17)9-5-6-10-14(2)20(19)16-12-8-7-11-15(16)18(3)4/h7-8,10-12H,1,5-6,9H2,2-4H3/b14-10-. The van der Waals surface area contributed by atoms with Gasteiger partial charge in [-0.1, -0.05) is 24.8 Å². The minimum atomic E-state index is -1.08. The molecular weight excluding hydrogens is 381 g/mol. The first-order chi connectivity index (χ1) is 9.43. The lowest BCUT2D eigenvalue weighted by Crippen LogP contribution is -2.11. The number of unbranched alkanes of at least 4 members (excludes halogenated alkanes) is 1. The maximum Gasteiger partial charge on any atom is 0.0823 e. The third-order valence-electron chi connectivity index (χ3n) is 2.92. The molecule has 0 aliphatic rings. The molecule has 110 valence electrons. The van der Waals surface area contributed by atoms with Gasteiger partial charge in [-0.05, 0) is 64.5 Å². The molecule has 0 fully saturated rings. The van der Waals surface area contributed by atoms with Crippen LogP contribution in [0.5, 0.6) is 0 Å². The predicted molar refractivity (Wildman–Crippen MR) is 97.9 cm³/mol. The molecule has 1 atom stereocenters. The summed E-state index contributed by atoms with van der Waals surface area (Å²) in [6, 6.07) is 7.85. The number of hydrogen-bond acceptors (Lipinski definition) is 2. The average Bonchev–Trinajstić information content (AvgIpc) is 2.42. The van der Waals surface area contributed by atoms with Crippen molar-refractivity contribution in [3.8, 4) is 0 Å². The summed E-state index contributed by atoms with van der Waals surface area (Å²) in [5.74, 6) is 0. The van der Waals surface area contributed by atoms with Crippen LogP contribution >= 0.6 is 22.6 Å². The molecule has 4 heteroatoms. The Kier molecular flexibility index (Phi) is 7.51. The fourth-order valence-electron chi connectivity index (χ4n) is 1.83. The number of rotatable bonds is 7. The van der Waals surface area contributed by atoms with E-state index in [1.807, 2.05) is 50.2 Å². The van der Waals surface area contributed by atoms with Crippen molar-refractivity contribution in [3.63, 3.8) is 0 Å². The van der Waals surface area contributed by atoms with Crippen molar-refractivity contribution < 1.29 is 4.21 Å². The van der Waals surface area contributed by atoms with Crippen molar-refractivity contribution in [2.45, 2.75) is 31.1 Å². The van der Waals surface area contributed by atoms with E-state index in [1.54, 1.807) is 0 Å². The second kappa shape index (κ2) is 8.62. The highest BCUT2D eigenvalue weighted by Gasteiger charge is 2.12. The zero-order chi connectivity index (χ0) is 15.1. The minimum Gasteiger partial charge on any atom is -0.377 e. The summed E-state index contributed by atoms with van der Waals surface area (Å²) in [5.41, 5.74) is 1.01. The van der Waals surface area contributed by atoms with Crippen molar-refractivity contribution >= 4 is 39.1 Å². The van der Waals surface area contributed by atoms with Gasteiger partial charge in [0.1, 0.15) is 0 Å². The van der Waals surface area contributed by atoms with Gasteiger partial charge in [-0.2, -0.15) is 0 Å². The highest BCUT2D eigenvalue weighted by atomic mass is 127. The first kappa shape index (κ1) is 17.4. The fraction of sp³-hybridized carbons (Fsp3) is 0.375. The Morgan fingerprint density at radius 3 is 2.65 bits per heavy atom. The molecule has 2 nitrogen and oxygen atoms in total. The van der Waals surface area contributed by atoms with Crippen LogP contribution in [-0.4, -0.2) is 18.3 Å². The van der Waals surface area contributed by atoms with E-state index in [-0.39, 0.29) is 0 Å². The van der Waals surface area contributed by atoms with Gasteiger partial charge in [-0.3, -0.25) is 0 Å². The zero-order valence-corrected chi connectivity index (χ0v) is 15.3. The number of benzene rings is 1. The molecule has 0 aliphatic heterocycles. The fourth-order valence-corrected chi connectivity index (χ4v) is 3.47. The Balaban J connectivity index is 2.79. The topological polar surface area (TPSA) is 20.3 Å². The molecule has 0 spiro atoms. The summed E-state index contributed by atoms with van der Waals surface area (Å²) in [7, 11) is 2.87. The SMILES string of the molecule is C=C(I)CCC/C=C(/C)S(=O)c1ccccc1N(C)C. The molecule has 0 saturated heterocycles. The van der Waals surface area contributed by atoms with Gasteiger partial charge in [0.05, 0.1) is 21.4 Å². The van der Waals surface area contributed by atoms with Crippen LogP contribution in [0.15, 0.2) is 50.3 Å². The Labute approximate surface area is 138 Å². The van der Waals surface area contributed by atoms with Crippen molar-refractivity contribution in [2.75, 3.05) is 19.0 Å². The highest BCUT2D eigenvalue weighted by Crippen LogP contribution is 2.25. The van der Waals surface area contributed by atoms with Crippen LogP contribution in [-0.2, 0) is 10.8 Å². The van der Waals surface area contributed by atoms with Gasteiger partial charge >= 0.3 is 0 Å². The van der Waals surface area contributed by atoms with Gasteiger partial charge < -0.3 is 4.90 Å². The van der Waals surface area contributed by atoms with Crippen molar-refractivity contribution in [2.24, 2.45) is 0 Å². The minimum absolute atomic E-state index is 0.879. The van der Waals surface area contributed by atoms with Crippen molar-refractivity contribution in [3.05, 3.63) is 45.4 Å². The van der Waals surface area contributed by atoms with Gasteiger partial charge in [0.15, 0.2) is 0 Å². The summed E-state index contributed by atoms with van der Waals surface area (Å²) in [6.45, 7) is 5.83. The average molecular weight is 403 g/mol. The number of anilines is 1. The molecule has 1 aromatic carbocycles. The third-order valence-corrected chi connectivity index (χ3v) is 4.96. The van der Waals surface area contributed by atoms with Gasteiger partial charge in [0.2, 0.25) is 0 Å². The second-order valence-electron chi connectivity index (χ2n) is 4.86. The Hall–Kier alpha value is -0.620. The second-order valence-corrected chi connectivity index (χ2v) is 8.00. The lowest BCUT2D eigenvalue weighted by atomic mass is 10.2. The van der Waals surface area contributed by atoms with E-state index in [0.717, 1.165) is 34.8 Å². The smallest absolute Gasteiger partial charge is 0.0823 e. The van der Waals surface area contributed by atoms with Crippen LogP contribution in [0.25, 0.3) is 0 Å². The molecule has 0 aliphatic carbocycles.